The van der Waals surface area contributed by atoms with Gasteiger partial charge in [0.05, 0.1) is 27.7 Å². The summed E-state index contributed by atoms with van der Waals surface area (Å²) in [4.78, 5) is 13.0. The molecule has 1 aromatic heterocycles. The fraction of sp³-hybridized carbons (Fsp3) is 0.125. The molecule has 1 heterocycles. The Kier molecular flexibility index (Phi) is 7.79. The summed E-state index contributed by atoms with van der Waals surface area (Å²) in [5.74, 6) is 0.100. The zero-order valence-electron chi connectivity index (χ0n) is 19.1. The number of methoxy groups -OCH3 is 1. The minimum atomic E-state index is -4.11. The van der Waals surface area contributed by atoms with E-state index in [2.05, 4.69) is 15.5 Å². The number of anilines is 2. The summed E-state index contributed by atoms with van der Waals surface area (Å²) in [5.41, 5.74) is 1.89. The molecule has 4 rings (SSSR count). The summed E-state index contributed by atoms with van der Waals surface area (Å²) >= 11 is 13.3. The monoisotopic (exact) mass is 562 g/mol. The second kappa shape index (κ2) is 10.8. The highest BCUT2D eigenvalue weighted by atomic mass is 35.5. The molecule has 186 valence electrons. The number of aromatic nitrogens is 2. The average molecular weight is 563 g/mol. The highest BCUT2D eigenvalue weighted by Crippen LogP contribution is 2.31. The lowest BCUT2D eigenvalue weighted by Crippen LogP contribution is -2.38. The number of aryl methyl sites for hydroxylation is 1. The van der Waals surface area contributed by atoms with Gasteiger partial charge in [-0.2, -0.15) is 0 Å². The summed E-state index contributed by atoms with van der Waals surface area (Å²) in [6.07, 6.45) is 0. The number of rotatable bonds is 8. The van der Waals surface area contributed by atoms with E-state index in [0.29, 0.717) is 10.8 Å². The van der Waals surface area contributed by atoms with Crippen LogP contribution >= 0.6 is 34.5 Å². The summed E-state index contributed by atoms with van der Waals surface area (Å²) < 4.78 is 33.1. The van der Waals surface area contributed by atoms with E-state index in [1.165, 1.54) is 30.3 Å². The second-order valence-corrected chi connectivity index (χ2v) is 11.3. The Morgan fingerprint density at radius 3 is 2.33 bits per heavy atom. The van der Waals surface area contributed by atoms with Crippen LogP contribution < -0.4 is 14.4 Å². The van der Waals surface area contributed by atoms with E-state index in [9.17, 15) is 13.2 Å². The molecule has 12 heteroatoms. The van der Waals surface area contributed by atoms with Crippen LogP contribution in [0.3, 0.4) is 0 Å². The number of hydrogen-bond acceptors (Lipinski definition) is 7. The number of ether oxygens (including phenoxy) is 1. The van der Waals surface area contributed by atoms with E-state index in [4.69, 9.17) is 27.9 Å². The molecule has 1 amide bonds. The van der Waals surface area contributed by atoms with Crippen molar-refractivity contribution in [3.05, 3.63) is 82.3 Å². The Morgan fingerprint density at radius 1 is 1.00 bits per heavy atom. The number of sulfonamides is 1. The highest BCUT2D eigenvalue weighted by Gasteiger charge is 2.28. The third-order valence-corrected chi connectivity index (χ3v) is 8.51. The predicted molar refractivity (Wildman–Crippen MR) is 143 cm³/mol. The van der Waals surface area contributed by atoms with Gasteiger partial charge in [0.15, 0.2) is 0 Å². The average Bonchev–Trinajstić information content (AvgIpc) is 3.33. The molecule has 0 unspecified atom stereocenters. The maximum Gasteiger partial charge on any atom is 0.264 e. The SMILES string of the molecule is COc1ccc(-c2nnc(NC(=O)CN(c3ccc(Cl)c(Cl)c3)S(=O)(=O)c3ccc(C)cc3)s2)cc1. The maximum absolute atomic E-state index is 13.5. The van der Waals surface area contributed by atoms with Crippen LogP contribution in [0.5, 0.6) is 5.75 Å². The topological polar surface area (TPSA) is 101 Å². The largest absolute Gasteiger partial charge is 0.497 e. The minimum absolute atomic E-state index is 0.0321. The van der Waals surface area contributed by atoms with Crippen LogP contribution in [0.25, 0.3) is 10.6 Å². The molecule has 0 fully saturated rings. The van der Waals surface area contributed by atoms with Gasteiger partial charge in [0.25, 0.3) is 10.0 Å². The number of nitrogens with one attached hydrogen (secondary N) is 1. The first kappa shape index (κ1) is 25.9. The van der Waals surface area contributed by atoms with Gasteiger partial charge in [-0.3, -0.25) is 14.4 Å². The number of halogens is 2. The number of carbonyl (C=O) groups is 1. The van der Waals surface area contributed by atoms with Crippen molar-refractivity contribution in [1.29, 1.82) is 0 Å². The fourth-order valence-corrected chi connectivity index (χ4v) is 5.68. The quantitative estimate of drug-likeness (QED) is 0.297. The van der Waals surface area contributed by atoms with Crippen molar-refractivity contribution >= 4 is 61.3 Å². The first-order chi connectivity index (χ1) is 17.2. The molecule has 0 aliphatic rings. The fourth-order valence-electron chi connectivity index (χ4n) is 3.21. The molecule has 0 saturated carbocycles. The van der Waals surface area contributed by atoms with Crippen molar-refractivity contribution in [2.24, 2.45) is 0 Å². The number of amides is 1. The molecule has 3 aromatic carbocycles. The van der Waals surface area contributed by atoms with Crippen molar-refractivity contribution in [2.75, 3.05) is 23.3 Å². The molecule has 1 N–H and O–H groups in total. The highest BCUT2D eigenvalue weighted by molar-refractivity contribution is 7.92. The van der Waals surface area contributed by atoms with Gasteiger partial charge in [0.2, 0.25) is 11.0 Å². The Morgan fingerprint density at radius 2 is 1.69 bits per heavy atom. The summed E-state index contributed by atoms with van der Waals surface area (Å²) in [6, 6.07) is 17.9. The lowest BCUT2D eigenvalue weighted by Gasteiger charge is -2.24. The van der Waals surface area contributed by atoms with Crippen molar-refractivity contribution in [3.8, 4) is 16.3 Å². The van der Waals surface area contributed by atoms with Gasteiger partial charge in [-0.15, -0.1) is 10.2 Å². The second-order valence-electron chi connectivity index (χ2n) is 7.61. The molecule has 0 aliphatic carbocycles. The molecule has 0 saturated heterocycles. The third-order valence-electron chi connectivity index (χ3n) is 5.10. The van der Waals surface area contributed by atoms with Crippen LogP contribution in [0, 0.1) is 6.92 Å². The van der Waals surface area contributed by atoms with Crippen LogP contribution in [0.2, 0.25) is 10.0 Å². The zero-order chi connectivity index (χ0) is 25.9. The number of hydrogen-bond donors (Lipinski definition) is 1. The van der Waals surface area contributed by atoms with E-state index in [0.717, 1.165) is 26.8 Å². The first-order valence-electron chi connectivity index (χ1n) is 10.5. The van der Waals surface area contributed by atoms with E-state index in [1.54, 1.807) is 31.4 Å². The molecule has 0 bridgehead atoms. The molecule has 0 aliphatic heterocycles. The van der Waals surface area contributed by atoms with Crippen LogP contribution in [0.15, 0.2) is 71.6 Å². The Labute approximate surface area is 222 Å². The first-order valence-corrected chi connectivity index (χ1v) is 13.5. The van der Waals surface area contributed by atoms with E-state index in [1.807, 2.05) is 19.1 Å². The van der Waals surface area contributed by atoms with E-state index in [-0.39, 0.29) is 25.8 Å². The van der Waals surface area contributed by atoms with Crippen LogP contribution in [-0.4, -0.2) is 38.2 Å². The standard InChI is InChI=1S/C24H20Cl2N4O4S2/c1-15-3-10-19(11-4-15)36(32,33)30(17-7-12-20(25)21(26)13-17)14-22(31)27-24-29-28-23(35-24)16-5-8-18(34-2)9-6-16/h3-13H,14H2,1-2H3,(H,27,29,31). The molecule has 0 radical (unpaired) electrons. The Bertz CT molecular complexity index is 1490. The normalized spacial score (nSPS) is 11.2. The van der Waals surface area contributed by atoms with Gasteiger partial charge in [0, 0.05) is 5.56 Å². The van der Waals surface area contributed by atoms with Crippen molar-refractivity contribution in [1.82, 2.24) is 10.2 Å². The van der Waals surface area contributed by atoms with Gasteiger partial charge < -0.3 is 4.74 Å². The van der Waals surface area contributed by atoms with Gasteiger partial charge in [-0.1, -0.05) is 52.2 Å². The molecule has 8 nitrogen and oxygen atoms in total. The molecular weight excluding hydrogens is 543 g/mol. The summed E-state index contributed by atoms with van der Waals surface area (Å²) in [7, 11) is -2.53. The predicted octanol–water partition coefficient (Wildman–Crippen LogP) is 5.66. The lowest BCUT2D eigenvalue weighted by molar-refractivity contribution is -0.114. The number of carbonyl (C=O) groups excluding carboxylic acids is 1. The van der Waals surface area contributed by atoms with Gasteiger partial charge in [-0.05, 0) is 61.5 Å². The molecule has 4 aromatic rings. The van der Waals surface area contributed by atoms with Crippen LogP contribution in [0.4, 0.5) is 10.8 Å². The molecular formula is C24H20Cl2N4O4S2. The molecule has 0 atom stereocenters. The zero-order valence-corrected chi connectivity index (χ0v) is 22.2. The maximum atomic E-state index is 13.5. The van der Waals surface area contributed by atoms with Crippen LogP contribution in [-0.2, 0) is 14.8 Å². The van der Waals surface area contributed by atoms with Crippen LogP contribution in [0.1, 0.15) is 5.56 Å². The summed E-state index contributed by atoms with van der Waals surface area (Å²) in [5, 5.41) is 12.0. The smallest absolute Gasteiger partial charge is 0.264 e. The number of benzene rings is 3. The van der Waals surface area contributed by atoms with Crippen molar-refractivity contribution in [3.63, 3.8) is 0 Å². The van der Waals surface area contributed by atoms with Gasteiger partial charge in [0.1, 0.15) is 17.3 Å². The summed E-state index contributed by atoms with van der Waals surface area (Å²) in [6.45, 7) is 1.33. The van der Waals surface area contributed by atoms with Crippen molar-refractivity contribution < 1.29 is 17.9 Å². The minimum Gasteiger partial charge on any atom is -0.497 e. The van der Waals surface area contributed by atoms with Gasteiger partial charge in [-0.25, -0.2) is 8.42 Å². The third kappa shape index (κ3) is 5.79. The van der Waals surface area contributed by atoms with E-state index >= 15 is 0 Å². The Hall–Kier alpha value is -3.18. The Balaban J connectivity index is 1.59. The molecule has 0 spiro atoms. The number of nitrogens with zero attached hydrogens (tertiary/aromatic N) is 3. The lowest BCUT2D eigenvalue weighted by atomic mass is 10.2. The molecule has 36 heavy (non-hydrogen) atoms. The van der Waals surface area contributed by atoms with Crippen molar-refractivity contribution in [2.45, 2.75) is 11.8 Å². The van der Waals surface area contributed by atoms with E-state index < -0.39 is 22.5 Å². The van der Waals surface area contributed by atoms with Gasteiger partial charge >= 0.3 is 0 Å².